The predicted molar refractivity (Wildman–Crippen MR) is 122 cm³/mol. The Balaban J connectivity index is 1.68. The van der Waals surface area contributed by atoms with Crippen LogP contribution in [0.2, 0.25) is 0 Å². The molecule has 174 valence electrons. The zero-order valence-corrected chi connectivity index (χ0v) is 18.6. The maximum atomic E-state index is 14.5. The molecule has 0 saturated carbocycles. The normalized spacial score (nSPS) is 10.7. The number of hydrogen-bond acceptors (Lipinski definition) is 7. The second kappa shape index (κ2) is 9.86. The molecular formula is C24H18F2N2O5S. The van der Waals surface area contributed by atoms with Gasteiger partial charge in [0, 0.05) is 18.7 Å². The first-order chi connectivity index (χ1) is 16.4. The van der Waals surface area contributed by atoms with Gasteiger partial charge in [-0.25, -0.2) is 13.6 Å². The molecule has 3 N–H and O–H groups in total. The number of benzene rings is 2. The standard InChI is InChI=1S/C24H18F2N2O5S/c1-31-16-8-15(14-4-2-3-13(7-14)12-27)9-17(10-16)32-22-18(25)11-19(26)23(28-22)33-20-5-6-34-21(20)24(29)30/h2-11H,12,27H2,1H3,(H,29,30). The molecule has 2 aromatic heterocycles. The monoisotopic (exact) mass is 484 g/mol. The van der Waals surface area contributed by atoms with Crippen LogP contribution in [0, 0.1) is 11.6 Å². The van der Waals surface area contributed by atoms with Crippen molar-refractivity contribution in [1.82, 2.24) is 4.98 Å². The average Bonchev–Trinajstić information content (AvgIpc) is 3.30. The van der Waals surface area contributed by atoms with Crippen molar-refractivity contribution in [2.75, 3.05) is 7.11 Å². The van der Waals surface area contributed by atoms with Crippen LogP contribution in [0.15, 0.2) is 60.0 Å². The third-order valence-corrected chi connectivity index (χ3v) is 5.61. The lowest BCUT2D eigenvalue weighted by Gasteiger charge is -2.13. The minimum atomic E-state index is -1.24. The summed E-state index contributed by atoms with van der Waals surface area (Å²) in [5.74, 6) is -4.11. The highest BCUT2D eigenvalue weighted by Crippen LogP contribution is 2.36. The van der Waals surface area contributed by atoms with E-state index in [1.54, 1.807) is 12.1 Å². The molecule has 0 bridgehead atoms. The second-order valence-corrected chi connectivity index (χ2v) is 7.90. The van der Waals surface area contributed by atoms with Crippen molar-refractivity contribution in [3.63, 3.8) is 0 Å². The lowest BCUT2D eigenvalue weighted by atomic mass is 10.0. The number of hydrogen-bond donors (Lipinski definition) is 2. The van der Waals surface area contributed by atoms with Crippen LogP contribution < -0.4 is 19.9 Å². The number of rotatable bonds is 8. The van der Waals surface area contributed by atoms with Gasteiger partial charge in [0.2, 0.25) is 0 Å². The van der Waals surface area contributed by atoms with Gasteiger partial charge in [0.1, 0.15) is 11.5 Å². The lowest BCUT2D eigenvalue weighted by Crippen LogP contribution is -2.01. The molecule has 0 aliphatic carbocycles. The minimum Gasteiger partial charge on any atom is -0.497 e. The van der Waals surface area contributed by atoms with Crippen LogP contribution in [0.25, 0.3) is 11.1 Å². The Morgan fingerprint density at radius 3 is 2.44 bits per heavy atom. The number of nitrogens with zero attached hydrogens (tertiary/aromatic N) is 1. The summed E-state index contributed by atoms with van der Waals surface area (Å²) in [6.07, 6.45) is 0. The van der Waals surface area contributed by atoms with E-state index in [1.807, 2.05) is 24.3 Å². The molecule has 0 spiro atoms. The summed E-state index contributed by atoms with van der Waals surface area (Å²) in [6.45, 7) is 0.363. The largest absolute Gasteiger partial charge is 0.497 e. The highest BCUT2D eigenvalue weighted by Gasteiger charge is 2.20. The number of carbonyl (C=O) groups is 1. The van der Waals surface area contributed by atoms with E-state index >= 15 is 0 Å². The minimum absolute atomic E-state index is 0.120. The Morgan fingerprint density at radius 1 is 1.00 bits per heavy atom. The van der Waals surface area contributed by atoms with Crippen molar-refractivity contribution in [2.24, 2.45) is 5.73 Å². The summed E-state index contributed by atoms with van der Waals surface area (Å²) in [7, 11) is 1.47. The van der Waals surface area contributed by atoms with Crippen molar-refractivity contribution < 1.29 is 32.9 Å². The summed E-state index contributed by atoms with van der Waals surface area (Å²) in [6, 6.07) is 14.4. The molecular weight excluding hydrogens is 466 g/mol. The Morgan fingerprint density at radius 2 is 1.74 bits per heavy atom. The number of ether oxygens (including phenoxy) is 3. The fourth-order valence-electron chi connectivity index (χ4n) is 3.12. The van der Waals surface area contributed by atoms with Gasteiger partial charge in [-0.2, -0.15) is 4.98 Å². The second-order valence-electron chi connectivity index (χ2n) is 6.99. The zero-order chi connectivity index (χ0) is 24.2. The van der Waals surface area contributed by atoms with Crippen molar-refractivity contribution in [3.8, 4) is 40.1 Å². The van der Waals surface area contributed by atoms with Gasteiger partial charge < -0.3 is 25.1 Å². The van der Waals surface area contributed by atoms with Crippen molar-refractivity contribution in [3.05, 3.63) is 82.1 Å². The molecule has 0 aliphatic rings. The van der Waals surface area contributed by atoms with Crippen LogP contribution in [-0.4, -0.2) is 23.2 Å². The smallest absolute Gasteiger partial charge is 0.349 e. The lowest BCUT2D eigenvalue weighted by molar-refractivity contribution is 0.0699. The van der Waals surface area contributed by atoms with E-state index < -0.39 is 29.4 Å². The highest BCUT2D eigenvalue weighted by molar-refractivity contribution is 7.12. The van der Waals surface area contributed by atoms with E-state index in [0.29, 0.717) is 23.9 Å². The number of methoxy groups -OCH3 is 1. The fourth-order valence-corrected chi connectivity index (χ4v) is 3.77. The molecule has 0 aliphatic heterocycles. The van der Waals surface area contributed by atoms with Crippen LogP contribution in [0.4, 0.5) is 8.78 Å². The van der Waals surface area contributed by atoms with Crippen LogP contribution >= 0.6 is 11.3 Å². The van der Waals surface area contributed by atoms with Gasteiger partial charge in [-0.15, -0.1) is 11.3 Å². The maximum absolute atomic E-state index is 14.5. The first-order valence-corrected chi connectivity index (χ1v) is 10.8. The Hall–Kier alpha value is -4.02. The molecule has 34 heavy (non-hydrogen) atoms. The molecule has 0 unspecified atom stereocenters. The van der Waals surface area contributed by atoms with Gasteiger partial charge >= 0.3 is 5.97 Å². The molecule has 0 radical (unpaired) electrons. The van der Waals surface area contributed by atoms with Crippen molar-refractivity contribution in [2.45, 2.75) is 6.54 Å². The average molecular weight is 484 g/mol. The first-order valence-electron chi connectivity index (χ1n) is 9.89. The van der Waals surface area contributed by atoms with E-state index in [1.165, 1.54) is 24.6 Å². The molecule has 10 heteroatoms. The molecule has 7 nitrogen and oxygen atoms in total. The van der Waals surface area contributed by atoms with Gasteiger partial charge in [0.15, 0.2) is 22.3 Å². The third-order valence-electron chi connectivity index (χ3n) is 4.72. The quantitative estimate of drug-likeness (QED) is 0.324. The maximum Gasteiger partial charge on any atom is 0.349 e. The molecule has 0 amide bonds. The summed E-state index contributed by atoms with van der Waals surface area (Å²) >= 11 is 0.897. The van der Waals surface area contributed by atoms with Crippen LogP contribution in [-0.2, 0) is 6.54 Å². The van der Waals surface area contributed by atoms with Crippen LogP contribution in [0.1, 0.15) is 15.2 Å². The SMILES string of the molecule is COc1cc(Oc2nc(Oc3ccsc3C(=O)O)c(F)cc2F)cc(-c2cccc(CN)c2)c1. The van der Waals surface area contributed by atoms with E-state index in [9.17, 15) is 18.7 Å². The Kier molecular flexibility index (Phi) is 6.71. The summed E-state index contributed by atoms with van der Waals surface area (Å²) in [4.78, 5) is 14.9. The van der Waals surface area contributed by atoms with E-state index in [0.717, 1.165) is 22.5 Å². The van der Waals surface area contributed by atoms with Crippen molar-refractivity contribution >= 4 is 17.3 Å². The number of carboxylic acid groups (broad SMARTS) is 1. The Labute approximate surface area is 197 Å². The number of thiophene rings is 1. The number of carboxylic acids is 1. The van der Waals surface area contributed by atoms with Crippen LogP contribution in [0.5, 0.6) is 29.0 Å². The van der Waals surface area contributed by atoms with E-state index in [-0.39, 0.29) is 16.4 Å². The van der Waals surface area contributed by atoms with Crippen molar-refractivity contribution in [1.29, 1.82) is 0 Å². The summed E-state index contributed by atoms with van der Waals surface area (Å²) in [5, 5.41) is 10.7. The van der Waals surface area contributed by atoms with Gasteiger partial charge in [0.25, 0.3) is 11.8 Å². The molecule has 4 rings (SSSR count). The first kappa shape index (κ1) is 23.1. The number of aromatic nitrogens is 1. The highest BCUT2D eigenvalue weighted by atomic mass is 32.1. The van der Waals surface area contributed by atoms with Gasteiger partial charge in [-0.1, -0.05) is 18.2 Å². The van der Waals surface area contributed by atoms with Gasteiger partial charge in [-0.05, 0) is 46.3 Å². The fraction of sp³-hybridized carbons (Fsp3) is 0.0833. The summed E-state index contributed by atoms with van der Waals surface area (Å²) < 4.78 is 45.0. The van der Waals surface area contributed by atoms with Crippen LogP contribution in [0.3, 0.4) is 0 Å². The zero-order valence-electron chi connectivity index (χ0n) is 17.7. The predicted octanol–water partition coefficient (Wildman–Crippen LogP) is 5.84. The number of halogens is 2. The summed E-state index contributed by atoms with van der Waals surface area (Å²) in [5.41, 5.74) is 8.20. The number of pyridine rings is 1. The topological polar surface area (TPSA) is 104 Å². The molecule has 0 atom stereocenters. The molecule has 0 saturated heterocycles. The molecule has 2 heterocycles. The van der Waals surface area contributed by atoms with E-state index in [2.05, 4.69) is 4.98 Å². The Bertz CT molecular complexity index is 1360. The molecule has 4 aromatic rings. The molecule has 2 aromatic carbocycles. The van der Waals surface area contributed by atoms with Gasteiger partial charge in [-0.3, -0.25) is 0 Å². The molecule has 0 fully saturated rings. The third kappa shape index (κ3) is 4.98. The van der Waals surface area contributed by atoms with E-state index in [4.69, 9.17) is 19.9 Å². The van der Waals surface area contributed by atoms with Gasteiger partial charge in [0.05, 0.1) is 7.11 Å². The number of aromatic carboxylic acids is 1. The number of nitrogens with two attached hydrogens (primary N) is 1.